The fourth-order valence-electron chi connectivity index (χ4n) is 2.89. The van der Waals surface area contributed by atoms with Gasteiger partial charge in [-0.25, -0.2) is 0 Å². The molecule has 0 aliphatic heterocycles. The predicted molar refractivity (Wildman–Crippen MR) is 77.1 cm³/mol. The average Bonchev–Trinajstić information content (AvgIpc) is 2.90. The second-order valence-corrected chi connectivity index (χ2v) is 7.07. The highest BCUT2D eigenvalue weighted by molar-refractivity contribution is 7.16. The van der Waals surface area contributed by atoms with Crippen LogP contribution in [-0.2, 0) is 6.42 Å². The van der Waals surface area contributed by atoms with Crippen LogP contribution in [0.4, 0.5) is 0 Å². The molecule has 17 heavy (non-hydrogen) atoms. The zero-order valence-electron chi connectivity index (χ0n) is 10.6. The third kappa shape index (κ3) is 3.70. The summed E-state index contributed by atoms with van der Waals surface area (Å²) in [5.74, 6) is 0. The molecule has 1 saturated carbocycles. The Morgan fingerprint density at radius 1 is 1.35 bits per heavy atom. The van der Waals surface area contributed by atoms with Gasteiger partial charge in [0.15, 0.2) is 0 Å². The average molecular weight is 272 g/mol. The van der Waals surface area contributed by atoms with Crippen molar-refractivity contribution in [3.63, 3.8) is 0 Å². The van der Waals surface area contributed by atoms with Gasteiger partial charge in [-0.3, -0.25) is 0 Å². The Bertz CT molecular complexity index is 342. The zero-order valence-corrected chi connectivity index (χ0v) is 12.2. The number of thiophene rings is 1. The number of nitrogens with one attached hydrogen (secondary N) is 1. The first-order valence-corrected chi connectivity index (χ1v) is 7.88. The summed E-state index contributed by atoms with van der Waals surface area (Å²) in [6.07, 6.45) is 7.97. The first-order valence-electron chi connectivity index (χ1n) is 6.69. The van der Waals surface area contributed by atoms with E-state index in [2.05, 4.69) is 18.3 Å². The van der Waals surface area contributed by atoms with E-state index in [0.717, 1.165) is 10.9 Å². The van der Waals surface area contributed by atoms with Crippen molar-refractivity contribution in [2.24, 2.45) is 5.41 Å². The van der Waals surface area contributed by atoms with Crippen molar-refractivity contribution in [1.29, 1.82) is 0 Å². The van der Waals surface area contributed by atoms with Crippen molar-refractivity contribution in [3.05, 3.63) is 21.3 Å². The van der Waals surface area contributed by atoms with Crippen molar-refractivity contribution < 1.29 is 0 Å². The molecule has 0 atom stereocenters. The monoisotopic (exact) mass is 271 g/mol. The third-order valence-electron chi connectivity index (χ3n) is 3.77. The molecular formula is C14H22ClNS. The molecule has 2 rings (SSSR count). The lowest BCUT2D eigenvalue weighted by atomic mass is 9.82. The van der Waals surface area contributed by atoms with E-state index in [0.29, 0.717) is 5.41 Å². The Kier molecular flexibility index (Phi) is 4.89. The van der Waals surface area contributed by atoms with Crippen LogP contribution >= 0.6 is 22.9 Å². The van der Waals surface area contributed by atoms with Gasteiger partial charge in [0.05, 0.1) is 4.34 Å². The fourth-order valence-corrected chi connectivity index (χ4v) is 4.15. The first-order chi connectivity index (χ1) is 8.24. The Morgan fingerprint density at radius 3 is 2.71 bits per heavy atom. The molecule has 1 aliphatic carbocycles. The molecule has 1 aromatic rings. The summed E-state index contributed by atoms with van der Waals surface area (Å²) in [5.41, 5.74) is 0.503. The second-order valence-electron chi connectivity index (χ2n) is 5.27. The minimum Gasteiger partial charge on any atom is -0.316 e. The molecule has 0 radical (unpaired) electrons. The van der Waals surface area contributed by atoms with E-state index in [1.165, 1.54) is 49.9 Å². The molecule has 3 heteroatoms. The first kappa shape index (κ1) is 13.4. The van der Waals surface area contributed by atoms with Gasteiger partial charge in [0, 0.05) is 11.4 Å². The fraction of sp³-hybridized carbons (Fsp3) is 0.714. The lowest BCUT2D eigenvalue weighted by molar-refractivity contribution is 0.280. The topological polar surface area (TPSA) is 12.0 Å². The number of hydrogen-bond donors (Lipinski definition) is 1. The summed E-state index contributed by atoms with van der Waals surface area (Å²) in [4.78, 5) is 1.45. The number of halogens is 1. The highest BCUT2D eigenvalue weighted by Gasteiger charge is 2.33. The van der Waals surface area contributed by atoms with E-state index in [4.69, 9.17) is 11.6 Å². The Morgan fingerprint density at radius 2 is 2.12 bits per heavy atom. The lowest BCUT2D eigenvalue weighted by Crippen LogP contribution is -2.34. The molecule has 0 saturated heterocycles. The molecule has 96 valence electrons. The molecule has 0 bridgehead atoms. The summed E-state index contributed by atoms with van der Waals surface area (Å²) in [5, 5.41) is 3.62. The van der Waals surface area contributed by atoms with Gasteiger partial charge in [0.2, 0.25) is 0 Å². The number of rotatable bonds is 6. The van der Waals surface area contributed by atoms with Crippen LogP contribution in [0.1, 0.15) is 43.9 Å². The molecule has 0 unspecified atom stereocenters. The highest BCUT2D eigenvalue weighted by Crippen LogP contribution is 2.42. The van der Waals surface area contributed by atoms with Crippen LogP contribution in [0.5, 0.6) is 0 Å². The molecule has 0 spiro atoms. The van der Waals surface area contributed by atoms with Gasteiger partial charge in [0.1, 0.15) is 0 Å². The van der Waals surface area contributed by atoms with E-state index in [1.807, 2.05) is 6.07 Å². The van der Waals surface area contributed by atoms with Crippen molar-refractivity contribution in [3.8, 4) is 0 Å². The van der Waals surface area contributed by atoms with Gasteiger partial charge in [-0.1, -0.05) is 31.4 Å². The van der Waals surface area contributed by atoms with E-state index in [9.17, 15) is 0 Å². The van der Waals surface area contributed by atoms with Gasteiger partial charge in [-0.05, 0) is 49.8 Å². The SMILES string of the molecule is CCCNCC1(Cc2ccc(Cl)s2)CCCC1. The van der Waals surface area contributed by atoms with Gasteiger partial charge >= 0.3 is 0 Å². The van der Waals surface area contributed by atoms with Crippen molar-refractivity contribution in [2.75, 3.05) is 13.1 Å². The molecule has 1 heterocycles. The minimum atomic E-state index is 0.503. The Hall–Kier alpha value is -0.0500. The maximum atomic E-state index is 6.02. The van der Waals surface area contributed by atoms with E-state index in [1.54, 1.807) is 11.3 Å². The molecule has 1 N–H and O–H groups in total. The standard InChI is InChI=1S/C14H22ClNS/c1-2-9-16-11-14(7-3-4-8-14)10-12-5-6-13(15)17-12/h5-6,16H,2-4,7-11H2,1H3. The zero-order chi connectivity index (χ0) is 12.1. The summed E-state index contributed by atoms with van der Waals surface area (Å²) in [7, 11) is 0. The molecule has 1 fully saturated rings. The highest BCUT2D eigenvalue weighted by atomic mass is 35.5. The van der Waals surface area contributed by atoms with Crippen molar-refractivity contribution in [1.82, 2.24) is 5.32 Å². The maximum absolute atomic E-state index is 6.02. The second kappa shape index (κ2) is 6.21. The summed E-state index contributed by atoms with van der Waals surface area (Å²) in [6, 6.07) is 4.23. The molecule has 0 amide bonds. The van der Waals surface area contributed by atoms with E-state index in [-0.39, 0.29) is 0 Å². The molecular weight excluding hydrogens is 250 g/mol. The Balaban J connectivity index is 1.96. The van der Waals surface area contributed by atoms with Crippen LogP contribution in [0.2, 0.25) is 4.34 Å². The van der Waals surface area contributed by atoms with Crippen LogP contribution < -0.4 is 5.32 Å². The molecule has 0 aromatic carbocycles. The minimum absolute atomic E-state index is 0.503. The number of hydrogen-bond acceptors (Lipinski definition) is 2. The van der Waals surface area contributed by atoms with Crippen LogP contribution in [0, 0.1) is 5.41 Å². The lowest BCUT2D eigenvalue weighted by Gasteiger charge is -2.29. The summed E-state index contributed by atoms with van der Waals surface area (Å²) >= 11 is 7.77. The van der Waals surface area contributed by atoms with Gasteiger partial charge in [-0.15, -0.1) is 11.3 Å². The maximum Gasteiger partial charge on any atom is 0.0931 e. The smallest absolute Gasteiger partial charge is 0.0931 e. The Labute approximate surface area is 114 Å². The predicted octanol–water partition coefficient (Wildman–Crippen LogP) is 4.50. The van der Waals surface area contributed by atoms with Gasteiger partial charge < -0.3 is 5.32 Å². The normalized spacial score (nSPS) is 18.7. The van der Waals surface area contributed by atoms with Gasteiger partial charge in [0.25, 0.3) is 0 Å². The van der Waals surface area contributed by atoms with Crippen LogP contribution in [0.3, 0.4) is 0 Å². The van der Waals surface area contributed by atoms with Gasteiger partial charge in [-0.2, -0.15) is 0 Å². The van der Waals surface area contributed by atoms with Crippen molar-refractivity contribution in [2.45, 2.75) is 45.4 Å². The molecule has 1 aliphatic rings. The summed E-state index contributed by atoms with van der Waals surface area (Å²) < 4.78 is 0.926. The third-order valence-corrected chi connectivity index (χ3v) is 5.00. The quantitative estimate of drug-likeness (QED) is 0.751. The van der Waals surface area contributed by atoms with E-state index >= 15 is 0 Å². The summed E-state index contributed by atoms with van der Waals surface area (Å²) in [6.45, 7) is 4.55. The van der Waals surface area contributed by atoms with Crippen molar-refractivity contribution >= 4 is 22.9 Å². The van der Waals surface area contributed by atoms with Crippen LogP contribution in [0.15, 0.2) is 12.1 Å². The van der Waals surface area contributed by atoms with E-state index < -0.39 is 0 Å². The molecule has 1 nitrogen and oxygen atoms in total. The molecule has 1 aromatic heterocycles. The van der Waals surface area contributed by atoms with Crippen LogP contribution in [-0.4, -0.2) is 13.1 Å². The van der Waals surface area contributed by atoms with Crippen LogP contribution in [0.25, 0.3) is 0 Å². The largest absolute Gasteiger partial charge is 0.316 e.